The lowest BCUT2D eigenvalue weighted by Crippen LogP contribution is -2.17. The molecule has 8 aromatic rings. The predicted octanol–water partition coefficient (Wildman–Crippen LogP) is 12.6. The van der Waals surface area contributed by atoms with Crippen molar-refractivity contribution < 1.29 is 0 Å². The van der Waals surface area contributed by atoms with Crippen molar-refractivity contribution in [2.24, 2.45) is 9.98 Å². The van der Waals surface area contributed by atoms with E-state index in [1.54, 1.807) is 0 Å². The van der Waals surface area contributed by atoms with Crippen molar-refractivity contribution in [3.05, 3.63) is 187 Å². The van der Waals surface area contributed by atoms with E-state index in [2.05, 4.69) is 175 Å². The van der Waals surface area contributed by atoms with E-state index in [-0.39, 0.29) is 6.04 Å². The minimum Gasteiger partial charge on any atom is -0.310 e. The van der Waals surface area contributed by atoms with Crippen LogP contribution >= 0.6 is 11.3 Å². The van der Waals surface area contributed by atoms with E-state index < -0.39 is 0 Å². The number of thiophene rings is 1. The maximum atomic E-state index is 5.31. The standard InChI is InChI=1S/C46H31N3S/c1-2-10-30(11-3-1)42-29-43-35-16-6-12-31(24-35)33-14-8-18-37(26-33)49(39-22-23-45-41(28-39)40-20-4-5-21-44(40)50-45)38-19-9-15-34(27-38)32-13-7-17-36(25-32)46(47-42)48-43/h1-28,43H,29H2. The molecule has 10 rings (SSSR count). The third-order valence-corrected chi connectivity index (χ3v) is 11.1. The minimum atomic E-state index is -0.0515. The van der Waals surface area contributed by atoms with E-state index in [1.165, 1.54) is 36.9 Å². The second-order valence-electron chi connectivity index (χ2n) is 13.0. The molecule has 2 aliphatic rings. The van der Waals surface area contributed by atoms with Crippen molar-refractivity contribution in [3.8, 4) is 22.3 Å². The van der Waals surface area contributed by atoms with E-state index in [4.69, 9.17) is 9.98 Å². The highest BCUT2D eigenvalue weighted by Crippen LogP contribution is 2.43. The van der Waals surface area contributed by atoms with Crippen molar-refractivity contribution in [1.29, 1.82) is 0 Å². The molecule has 0 fully saturated rings. The third-order valence-electron chi connectivity index (χ3n) is 9.90. The lowest BCUT2D eigenvalue weighted by Gasteiger charge is -2.27. The first-order chi connectivity index (χ1) is 24.7. The van der Waals surface area contributed by atoms with Gasteiger partial charge in [-0.25, -0.2) is 4.99 Å². The molecular weight excluding hydrogens is 627 g/mol. The predicted molar refractivity (Wildman–Crippen MR) is 212 cm³/mol. The highest BCUT2D eigenvalue weighted by Gasteiger charge is 2.23. The molecule has 2 aliphatic heterocycles. The fourth-order valence-corrected chi connectivity index (χ4v) is 8.52. The summed E-state index contributed by atoms with van der Waals surface area (Å²) >= 11 is 1.85. The van der Waals surface area contributed by atoms with Gasteiger partial charge in [0.15, 0.2) is 5.84 Å². The highest BCUT2D eigenvalue weighted by atomic mass is 32.1. The molecule has 0 saturated carbocycles. The van der Waals surface area contributed by atoms with Crippen molar-refractivity contribution in [2.75, 3.05) is 4.90 Å². The second-order valence-corrected chi connectivity index (χ2v) is 14.1. The first-order valence-corrected chi connectivity index (χ1v) is 17.9. The van der Waals surface area contributed by atoms with Gasteiger partial charge in [0.05, 0.1) is 11.8 Å². The van der Waals surface area contributed by atoms with E-state index in [9.17, 15) is 0 Å². The molecule has 7 aromatic carbocycles. The van der Waals surface area contributed by atoms with Crippen LogP contribution in [0.1, 0.15) is 29.2 Å². The molecule has 0 radical (unpaired) electrons. The summed E-state index contributed by atoms with van der Waals surface area (Å²) in [6, 6.07) is 61.5. The van der Waals surface area contributed by atoms with Gasteiger partial charge in [0.1, 0.15) is 0 Å². The SMILES string of the molecule is c1ccc(C2=NC3=NC(C2)c2cccc(c2)-c2cccc(c2)N(c2ccc4sc5ccccc5c4c2)c2cccc(c2)-c2cccc3c2)cc1. The van der Waals surface area contributed by atoms with Gasteiger partial charge in [-0.3, -0.25) is 4.99 Å². The van der Waals surface area contributed by atoms with Gasteiger partial charge in [-0.15, -0.1) is 11.3 Å². The van der Waals surface area contributed by atoms with Gasteiger partial charge in [-0.05, 0) is 94.0 Å². The quantitative estimate of drug-likeness (QED) is 0.182. The summed E-state index contributed by atoms with van der Waals surface area (Å²) in [4.78, 5) is 12.9. The topological polar surface area (TPSA) is 28.0 Å². The fourth-order valence-electron chi connectivity index (χ4n) is 7.44. The van der Waals surface area contributed by atoms with Crippen molar-refractivity contribution in [1.82, 2.24) is 0 Å². The summed E-state index contributed by atoms with van der Waals surface area (Å²) in [5, 5.41) is 2.58. The minimum absolute atomic E-state index is 0.0515. The van der Waals surface area contributed by atoms with Crippen LogP contribution in [0.5, 0.6) is 0 Å². The van der Waals surface area contributed by atoms with Crippen LogP contribution in [0.25, 0.3) is 42.4 Å². The van der Waals surface area contributed by atoms with E-state index in [0.717, 1.165) is 57.3 Å². The van der Waals surface area contributed by atoms with Crippen LogP contribution in [-0.2, 0) is 0 Å². The number of amidine groups is 1. The monoisotopic (exact) mass is 657 g/mol. The molecule has 1 aromatic heterocycles. The Morgan fingerprint density at radius 2 is 1.06 bits per heavy atom. The molecule has 0 spiro atoms. The Hall–Kier alpha value is -6.10. The number of hydrogen-bond acceptors (Lipinski definition) is 4. The average molecular weight is 658 g/mol. The molecule has 3 nitrogen and oxygen atoms in total. The molecule has 50 heavy (non-hydrogen) atoms. The number of fused-ring (bicyclic) bond motifs is 16. The number of hydrogen-bond donors (Lipinski definition) is 0. The Balaban J connectivity index is 1.20. The molecule has 0 saturated heterocycles. The second kappa shape index (κ2) is 11.8. The Morgan fingerprint density at radius 3 is 1.86 bits per heavy atom. The van der Waals surface area contributed by atoms with E-state index in [1.807, 2.05) is 11.3 Å². The first kappa shape index (κ1) is 28.9. The Labute approximate surface area is 295 Å². The normalized spacial score (nSPS) is 15.1. The Morgan fingerprint density at radius 1 is 0.460 bits per heavy atom. The van der Waals surface area contributed by atoms with Gasteiger partial charge >= 0.3 is 0 Å². The number of anilines is 3. The van der Waals surface area contributed by atoms with E-state index in [0.29, 0.717) is 0 Å². The summed E-state index contributed by atoms with van der Waals surface area (Å²) < 4.78 is 2.61. The molecule has 0 N–H and O–H groups in total. The molecule has 1 atom stereocenters. The number of benzene rings is 7. The van der Waals surface area contributed by atoms with Gasteiger partial charge in [-0.2, -0.15) is 0 Å². The molecule has 1 unspecified atom stereocenters. The lowest BCUT2D eigenvalue weighted by molar-refractivity contribution is 0.754. The van der Waals surface area contributed by atoms with Crippen LogP contribution in [0, 0.1) is 0 Å². The summed E-state index contributed by atoms with van der Waals surface area (Å²) in [5.74, 6) is 0.774. The number of nitrogens with zero attached hydrogens (tertiary/aromatic N) is 3. The summed E-state index contributed by atoms with van der Waals surface area (Å²) in [6.07, 6.45) is 0.742. The average Bonchev–Trinajstić information content (AvgIpc) is 3.56. The van der Waals surface area contributed by atoms with Gasteiger partial charge < -0.3 is 4.90 Å². The zero-order chi connectivity index (χ0) is 33.0. The first-order valence-electron chi connectivity index (χ1n) is 17.1. The van der Waals surface area contributed by atoms with Gasteiger partial charge in [0.2, 0.25) is 0 Å². The number of rotatable bonds is 2. The largest absolute Gasteiger partial charge is 0.310 e. The Bertz CT molecular complexity index is 2650. The van der Waals surface area contributed by atoms with Crippen molar-refractivity contribution in [3.63, 3.8) is 0 Å². The van der Waals surface area contributed by atoms with Crippen molar-refractivity contribution >= 4 is 60.1 Å². The van der Waals surface area contributed by atoms with Crippen molar-refractivity contribution in [2.45, 2.75) is 12.5 Å². The third kappa shape index (κ3) is 5.04. The Kier molecular flexibility index (Phi) is 6.81. The molecule has 3 heterocycles. The van der Waals surface area contributed by atoms with Crippen LogP contribution in [-0.4, -0.2) is 11.5 Å². The fraction of sp³-hybridized carbons (Fsp3) is 0.0435. The zero-order valence-electron chi connectivity index (χ0n) is 27.2. The maximum Gasteiger partial charge on any atom is 0.155 e. The molecular formula is C46H31N3S. The van der Waals surface area contributed by atoms with Crippen LogP contribution in [0.3, 0.4) is 0 Å². The lowest BCUT2D eigenvalue weighted by atomic mass is 9.93. The van der Waals surface area contributed by atoms with E-state index >= 15 is 0 Å². The smallest absolute Gasteiger partial charge is 0.155 e. The summed E-state index contributed by atoms with van der Waals surface area (Å²) in [6.45, 7) is 0. The van der Waals surface area contributed by atoms with Gasteiger partial charge in [0.25, 0.3) is 0 Å². The molecule has 0 aliphatic carbocycles. The van der Waals surface area contributed by atoms with Crippen LogP contribution in [0.2, 0.25) is 0 Å². The maximum absolute atomic E-state index is 5.31. The van der Waals surface area contributed by atoms with Crippen LogP contribution < -0.4 is 4.90 Å². The van der Waals surface area contributed by atoms with Crippen LogP contribution in [0.15, 0.2) is 180 Å². The van der Waals surface area contributed by atoms with Gasteiger partial charge in [-0.1, -0.05) is 109 Å². The van der Waals surface area contributed by atoms with Crippen LogP contribution in [0.4, 0.5) is 17.1 Å². The summed E-state index contributed by atoms with van der Waals surface area (Å²) in [5.41, 5.74) is 12.4. The molecule has 4 heteroatoms. The molecule has 0 amide bonds. The zero-order valence-corrected chi connectivity index (χ0v) is 28.0. The summed E-state index contributed by atoms with van der Waals surface area (Å²) in [7, 11) is 0. The molecule has 236 valence electrons. The van der Waals surface area contributed by atoms with Gasteiger partial charge in [0, 0.05) is 49.2 Å². The molecule has 10 bridgehead atoms. The highest BCUT2D eigenvalue weighted by molar-refractivity contribution is 7.25. The number of aliphatic imine (C=N–C) groups is 2.